The minimum Gasteiger partial charge on any atom is -0.348 e. The lowest BCUT2D eigenvalue weighted by Gasteiger charge is -2.24. The molecule has 2 aromatic carbocycles. The van der Waals surface area contributed by atoms with Gasteiger partial charge in [-0.1, -0.05) is 46.9 Å². The van der Waals surface area contributed by atoms with Crippen LogP contribution in [-0.4, -0.2) is 41.8 Å². The average Bonchev–Trinajstić information content (AvgIpc) is 2.61. The summed E-state index contributed by atoms with van der Waals surface area (Å²) < 4.78 is 48.4. The minimum atomic E-state index is -3.87. The highest BCUT2D eigenvalue weighted by Gasteiger charge is 2.25. The maximum atomic E-state index is 12.5. The molecule has 12 heteroatoms. The number of anilines is 1. The van der Waals surface area contributed by atoms with Gasteiger partial charge in [-0.3, -0.25) is 9.10 Å². The molecular weight excluding hydrogens is 495 g/mol. The van der Waals surface area contributed by atoms with E-state index < -0.39 is 38.4 Å². The molecule has 0 saturated carbocycles. The lowest BCUT2D eigenvalue weighted by atomic mass is 10.1. The first-order valence-electron chi connectivity index (χ1n) is 8.42. The third kappa shape index (κ3) is 6.24. The number of sulfone groups is 1. The summed E-state index contributed by atoms with van der Waals surface area (Å²) in [4.78, 5) is 12.7. The van der Waals surface area contributed by atoms with Crippen LogP contribution in [0.5, 0.6) is 0 Å². The Labute approximate surface area is 190 Å². The number of hydrogen-bond acceptors (Lipinski definition) is 5. The summed E-state index contributed by atoms with van der Waals surface area (Å²) in [7, 11) is -7.20. The van der Waals surface area contributed by atoms with Gasteiger partial charge in [0.2, 0.25) is 15.9 Å². The Morgan fingerprint density at radius 3 is 2.00 bits per heavy atom. The normalized spacial score (nSPS) is 13.0. The second kappa shape index (κ2) is 9.32. The third-order valence-corrected chi connectivity index (χ3v) is 7.41. The first-order valence-corrected chi connectivity index (χ1v) is 13.3. The summed E-state index contributed by atoms with van der Waals surface area (Å²) in [5.41, 5.74) is 0.670. The van der Waals surface area contributed by atoms with Gasteiger partial charge in [-0.05, 0) is 36.8 Å². The maximum absolute atomic E-state index is 12.5. The zero-order chi connectivity index (χ0) is 22.9. The number of rotatable bonds is 7. The van der Waals surface area contributed by atoms with Crippen LogP contribution in [0, 0.1) is 0 Å². The van der Waals surface area contributed by atoms with Crippen molar-refractivity contribution in [2.24, 2.45) is 0 Å². The zero-order valence-electron chi connectivity index (χ0n) is 16.2. The molecule has 2 rings (SSSR count). The van der Waals surface area contributed by atoms with E-state index in [-0.39, 0.29) is 25.7 Å². The van der Waals surface area contributed by atoms with Gasteiger partial charge < -0.3 is 5.32 Å². The van der Waals surface area contributed by atoms with E-state index in [1.165, 1.54) is 24.3 Å². The molecule has 0 radical (unpaired) electrons. The minimum absolute atomic E-state index is 0.0204. The fourth-order valence-electron chi connectivity index (χ4n) is 2.59. The van der Waals surface area contributed by atoms with Crippen molar-refractivity contribution in [3.63, 3.8) is 0 Å². The second-order valence-corrected chi connectivity index (χ2v) is 11.8. The zero-order valence-corrected chi connectivity index (χ0v) is 20.1. The first kappa shape index (κ1) is 24.7. The molecule has 0 saturated heterocycles. The van der Waals surface area contributed by atoms with Crippen molar-refractivity contribution in [1.29, 1.82) is 0 Å². The third-order valence-electron chi connectivity index (χ3n) is 4.13. The topological polar surface area (TPSA) is 101 Å². The fourth-order valence-corrected chi connectivity index (χ4v) is 4.77. The van der Waals surface area contributed by atoms with Crippen molar-refractivity contribution < 1.29 is 21.6 Å². The summed E-state index contributed by atoms with van der Waals surface area (Å²) >= 11 is 18.0. The number of nitrogens with one attached hydrogen (secondary N) is 1. The van der Waals surface area contributed by atoms with E-state index in [2.05, 4.69) is 5.32 Å². The summed E-state index contributed by atoms with van der Waals surface area (Å²) in [5, 5.41) is 2.93. The van der Waals surface area contributed by atoms with Gasteiger partial charge in [-0.2, -0.15) is 0 Å². The smallest absolute Gasteiger partial charge is 0.241 e. The predicted octanol–water partition coefficient (Wildman–Crippen LogP) is 3.69. The van der Waals surface area contributed by atoms with Crippen molar-refractivity contribution in [3.8, 4) is 0 Å². The van der Waals surface area contributed by atoms with Crippen molar-refractivity contribution in [2.45, 2.75) is 17.9 Å². The van der Waals surface area contributed by atoms with Gasteiger partial charge >= 0.3 is 0 Å². The van der Waals surface area contributed by atoms with E-state index in [1.54, 1.807) is 19.1 Å². The molecule has 0 fully saturated rings. The van der Waals surface area contributed by atoms with Crippen molar-refractivity contribution in [3.05, 3.63) is 57.0 Å². The van der Waals surface area contributed by atoms with E-state index >= 15 is 0 Å². The Morgan fingerprint density at radius 2 is 1.50 bits per heavy atom. The molecule has 0 bridgehead atoms. The van der Waals surface area contributed by atoms with Gasteiger partial charge in [-0.15, -0.1) is 0 Å². The van der Waals surface area contributed by atoms with Crippen LogP contribution >= 0.6 is 34.8 Å². The Balaban J connectivity index is 2.22. The Hall–Kier alpha value is -1.52. The molecule has 0 heterocycles. The van der Waals surface area contributed by atoms with E-state index in [0.29, 0.717) is 5.56 Å². The molecule has 164 valence electrons. The first-order chi connectivity index (χ1) is 13.7. The molecule has 0 unspecified atom stereocenters. The molecule has 0 aliphatic carbocycles. The molecule has 1 amide bonds. The molecule has 1 atom stereocenters. The number of hydrogen-bond donors (Lipinski definition) is 1. The number of amides is 1. The largest absolute Gasteiger partial charge is 0.348 e. The lowest BCUT2D eigenvalue weighted by Crippen LogP contribution is -2.41. The van der Waals surface area contributed by atoms with Crippen LogP contribution in [0.1, 0.15) is 18.5 Å². The Kier molecular flexibility index (Phi) is 7.68. The monoisotopic (exact) mass is 512 g/mol. The fraction of sp³-hybridized carbons (Fsp3) is 0.278. The molecule has 2 aromatic rings. The van der Waals surface area contributed by atoms with Crippen LogP contribution in [-0.2, 0) is 24.7 Å². The van der Waals surface area contributed by atoms with E-state index in [1.807, 2.05) is 0 Å². The van der Waals surface area contributed by atoms with Gasteiger partial charge in [0, 0.05) is 6.26 Å². The van der Waals surface area contributed by atoms with Crippen molar-refractivity contribution in [1.82, 2.24) is 5.32 Å². The molecule has 0 aromatic heterocycles. The van der Waals surface area contributed by atoms with Crippen molar-refractivity contribution >= 4 is 66.3 Å². The van der Waals surface area contributed by atoms with Gasteiger partial charge in [-0.25, -0.2) is 16.8 Å². The van der Waals surface area contributed by atoms with Crippen LogP contribution < -0.4 is 9.62 Å². The van der Waals surface area contributed by atoms with Gasteiger partial charge in [0.15, 0.2) is 9.84 Å². The lowest BCUT2D eigenvalue weighted by molar-refractivity contribution is -0.120. The Bertz CT molecular complexity index is 1170. The molecular formula is C18H19Cl3N2O5S2. The number of benzene rings is 2. The van der Waals surface area contributed by atoms with E-state index in [4.69, 9.17) is 34.8 Å². The highest BCUT2D eigenvalue weighted by Crippen LogP contribution is 2.35. The standard InChI is InChI=1S/C18H19Cl3N2O5S2/c1-11(12-4-6-13(7-5-12)29(2,25)26)22-18(24)10-23(30(3,27)28)17-9-15(20)14(19)8-16(17)21/h4-9,11H,10H2,1-3H3,(H,22,24)/t11-/m1/s1. The highest BCUT2D eigenvalue weighted by atomic mass is 35.5. The molecule has 30 heavy (non-hydrogen) atoms. The highest BCUT2D eigenvalue weighted by molar-refractivity contribution is 7.92. The number of nitrogens with zero attached hydrogens (tertiary/aromatic N) is 1. The second-order valence-electron chi connectivity index (χ2n) is 6.62. The quantitative estimate of drug-likeness (QED) is 0.569. The molecule has 7 nitrogen and oxygen atoms in total. The van der Waals surface area contributed by atoms with E-state index in [9.17, 15) is 21.6 Å². The van der Waals surface area contributed by atoms with Crippen molar-refractivity contribution in [2.75, 3.05) is 23.4 Å². The number of sulfonamides is 1. The average molecular weight is 514 g/mol. The molecule has 1 N–H and O–H groups in total. The number of halogens is 3. The van der Waals surface area contributed by atoms with Crippen LogP contribution in [0.25, 0.3) is 0 Å². The van der Waals surface area contributed by atoms with E-state index in [0.717, 1.165) is 16.8 Å². The summed E-state index contributed by atoms with van der Waals surface area (Å²) in [6.07, 6.45) is 2.04. The summed E-state index contributed by atoms with van der Waals surface area (Å²) in [6.45, 7) is 1.15. The van der Waals surface area contributed by atoms with Crippen LogP contribution in [0.3, 0.4) is 0 Å². The van der Waals surface area contributed by atoms with Crippen LogP contribution in [0.2, 0.25) is 15.1 Å². The molecule has 0 spiro atoms. The summed E-state index contributed by atoms with van der Waals surface area (Å²) in [5.74, 6) is -0.595. The van der Waals surface area contributed by atoms with Gasteiger partial charge in [0.25, 0.3) is 0 Å². The Morgan fingerprint density at radius 1 is 0.967 bits per heavy atom. The number of carbonyl (C=O) groups is 1. The SMILES string of the molecule is C[C@@H](NC(=O)CN(c1cc(Cl)c(Cl)cc1Cl)S(C)(=O)=O)c1ccc(S(C)(=O)=O)cc1. The number of carbonyl (C=O) groups excluding carboxylic acids is 1. The van der Waals surface area contributed by atoms with Crippen LogP contribution in [0.15, 0.2) is 41.3 Å². The molecule has 0 aliphatic rings. The predicted molar refractivity (Wildman–Crippen MR) is 120 cm³/mol. The van der Waals surface area contributed by atoms with Gasteiger partial charge in [0.1, 0.15) is 6.54 Å². The van der Waals surface area contributed by atoms with Crippen LogP contribution in [0.4, 0.5) is 5.69 Å². The maximum Gasteiger partial charge on any atom is 0.241 e. The van der Waals surface area contributed by atoms with Gasteiger partial charge in [0.05, 0.1) is 37.9 Å². The summed E-state index contributed by atoms with van der Waals surface area (Å²) in [6, 6.07) is 8.09. The molecule has 0 aliphatic heterocycles.